The third-order valence-electron chi connectivity index (χ3n) is 23.3. The van der Waals surface area contributed by atoms with Gasteiger partial charge < -0.3 is 255 Å². The van der Waals surface area contributed by atoms with Gasteiger partial charge in [0.15, 0.2) is 62.9 Å². The van der Waals surface area contributed by atoms with Crippen LogP contribution in [0.4, 0.5) is 0 Å². The number of amides is 6. The normalized spacial score (nSPS) is 47.5. The van der Waals surface area contributed by atoms with Crippen LogP contribution in [0.25, 0.3) is 0 Å². The minimum Gasteiger partial charge on any atom is -0.394 e. The van der Waals surface area contributed by atoms with Crippen molar-refractivity contribution in [3.05, 3.63) is 0 Å². The molecule has 32 N–H and O–H groups in total. The van der Waals surface area contributed by atoms with Gasteiger partial charge in [0.2, 0.25) is 35.4 Å². The Kier molecular flexibility index (Phi) is 38.4. The second-order valence-electron chi connectivity index (χ2n) is 32.5. The van der Waals surface area contributed by atoms with Crippen molar-refractivity contribution in [3.63, 3.8) is 0 Å². The molecule has 129 heavy (non-hydrogen) atoms. The maximum absolute atomic E-state index is 13.6. The summed E-state index contributed by atoms with van der Waals surface area (Å²) in [5.41, 5.74) is 0. The first-order chi connectivity index (χ1) is 61.0. The summed E-state index contributed by atoms with van der Waals surface area (Å²) in [4.78, 5) is 77.7. The Bertz CT molecular complexity index is 3570. The van der Waals surface area contributed by atoms with E-state index in [0.29, 0.717) is 0 Å². The topological polar surface area (TPSA) is 876 Å². The van der Waals surface area contributed by atoms with Crippen LogP contribution in [0.2, 0.25) is 0 Å². The van der Waals surface area contributed by atoms with Crippen molar-refractivity contribution in [1.82, 2.24) is 31.9 Å². The zero-order valence-electron chi connectivity index (χ0n) is 69.8. The SMILES string of the molecule is CC(=O)N[C@@H]1[C@@H](O)[C@H](O[C@@H]2O[C@H](CO)[C@@H](O[C@@H]3O[C@H](CO[C@H]4O[C@H](CO[C@H]5O[C@H](CO)[C@@H](O)[C@H](O)[C@@H]5O)[C@@H](O)[C@H](O)[C@@H]4O[C@@H]4O[C@H](CO)[C@@H](O)[C@H](O)[C@H]4NC(C)=O)[C@@H](O[C@@H]4O[C@H](CO)[C@@H](O)[C@H](O)[C@H]4NC(C)=O)[C@H](O[C@H]4O[C@H](CO)[C@@H](O[C@@H]5O[C@H](CO)[C@@H](O)[C@H](O)[C@H]5NC(C)=O)[C@H](O)[C@@H]4O[C@@H]4O[C@H](CO)[C@@H](O)[C@H](O)[C@H]4NC(C)=O)[C@@H]3O)[C@H](O)[C@H]2NC(C)=O)[C@@H](CO)O[C@H]1O. The summed E-state index contributed by atoms with van der Waals surface area (Å²) in [6.45, 7) is -6.29. The Balaban J connectivity index is 1.15. The largest absolute Gasteiger partial charge is 0.394 e. The van der Waals surface area contributed by atoms with Crippen LogP contribution in [0.5, 0.6) is 0 Å². The van der Waals surface area contributed by atoms with Gasteiger partial charge in [-0.25, -0.2) is 0 Å². The van der Waals surface area contributed by atoms with Crippen molar-refractivity contribution >= 4 is 35.4 Å². The summed E-state index contributed by atoms with van der Waals surface area (Å²) in [6, 6.07) is -11.7. The highest BCUT2D eigenvalue weighted by molar-refractivity contribution is 5.75. The van der Waals surface area contributed by atoms with Gasteiger partial charge in [-0.2, -0.15) is 0 Å². The van der Waals surface area contributed by atoms with Crippen LogP contribution in [0.1, 0.15) is 41.5 Å². The maximum Gasteiger partial charge on any atom is 0.217 e. The molecule has 744 valence electrons. The minimum absolute atomic E-state index is 0.835. The number of hydrogen-bond acceptors (Lipinski definition) is 51. The standard InChI is InChI=1S/C72H120N6O51/c1-17(87)73-33-49(103)56(28(12-84)113-63(33)110)123-68-38(78-22(6)92)50(104)57(29(13-85)119-68)125-70-55(109)60(127-72-62(129-67-37(77-21(5)91)48(102)42(96)26(10-82)117-67)54(108)58(30(14-86)120-72)124-64-34(74-18(2)88)45(99)39(93)23(7-79)114-64)59(126-65-35(75-19(3)89)46(100)40(94)24(8-80)115-65)32(122-70)16-112-71-61(128-66-36(76-20(4)90)47(101)41(95)25(9-81)116-66)52(106)44(98)31(121-71)15-111-69-53(107)51(105)43(97)27(11-83)118-69/h23-72,79-86,93-110H,7-16H2,1-6H3,(H,73,87)(H,74,88)(H,75,89)(H,76,90)(H,77,91)(H,78,92)/t23-,24-,25-,26-,27-,28-,29-,30-,31-,32-,33-,34-,35-,36-,37-,38-,39-,40-,41-,42-,43-,44-,45-,46-,47-,48-,49-,50-,51+,52+,53+,54+,55+,56-,57-,58-,59-,60-,61+,62+,63-,64+,65+,66+,67+,68+,69+,70+,71+,72-/m1/s1. The smallest absolute Gasteiger partial charge is 0.217 e. The van der Waals surface area contributed by atoms with Crippen LogP contribution < -0.4 is 31.9 Å². The molecule has 0 radical (unpaired) electrons. The van der Waals surface area contributed by atoms with Crippen LogP contribution >= 0.6 is 0 Å². The predicted molar refractivity (Wildman–Crippen MR) is 399 cm³/mol. The molecule has 50 atom stereocenters. The molecule has 0 unspecified atom stereocenters. The molecule has 0 aromatic heterocycles. The fourth-order valence-electron chi connectivity index (χ4n) is 16.6. The van der Waals surface area contributed by atoms with E-state index in [4.69, 9.17) is 90.0 Å². The highest BCUT2D eigenvalue weighted by Crippen LogP contribution is 2.42. The zero-order valence-corrected chi connectivity index (χ0v) is 69.8. The maximum atomic E-state index is 13.6. The van der Waals surface area contributed by atoms with E-state index in [1.54, 1.807) is 0 Å². The number of ether oxygens (including phenoxy) is 19. The summed E-state index contributed by atoms with van der Waals surface area (Å²) < 4.78 is 117. The van der Waals surface area contributed by atoms with Crippen LogP contribution in [0, 0.1) is 0 Å². The average Bonchev–Trinajstić information content (AvgIpc) is 0.749. The van der Waals surface area contributed by atoms with E-state index in [-0.39, 0.29) is 0 Å². The summed E-state index contributed by atoms with van der Waals surface area (Å²) in [5, 5.41) is 310. The monoisotopic (exact) mass is 1880 g/mol. The Morgan fingerprint density at radius 3 is 0.829 bits per heavy atom. The molecule has 0 spiro atoms. The number of hydrogen-bond donors (Lipinski definition) is 32. The Labute approximate surface area is 731 Å². The van der Waals surface area contributed by atoms with Crippen LogP contribution in [0.15, 0.2) is 0 Å². The van der Waals surface area contributed by atoms with Gasteiger partial charge in [0.1, 0.15) is 244 Å². The Morgan fingerprint density at radius 1 is 0.202 bits per heavy atom. The van der Waals surface area contributed by atoms with Gasteiger partial charge >= 0.3 is 0 Å². The second kappa shape index (κ2) is 46.7. The lowest BCUT2D eigenvalue weighted by Crippen LogP contribution is -2.72. The van der Waals surface area contributed by atoms with E-state index in [9.17, 15) is 162 Å². The van der Waals surface area contributed by atoms with E-state index in [1.165, 1.54) is 0 Å². The molecular formula is C72H120N6O51. The molecule has 10 saturated heterocycles. The molecule has 10 rings (SSSR count). The molecule has 10 aliphatic rings. The summed E-state index contributed by atoms with van der Waals surface area (Å²) in [5.74, 6) is -5.76. The summed E-state index contributed by atoms with van der Waals surface area (Å²) in [7, 11) is 0. The molecule has 6 amide bonds. The fraction of sp³-hybridized carbons (Fsp3) is 0.917. The molecule has 0 aromatic carbocycles. The first-order valence-electron chi connectivity index (χ1n) is 41.1. The van der Waals surface area contributed by atoms with Crippen molar-refractivity contribution in [2.24, 2.45) is 0 Å². The molecule has 57 nitrogen and oxygen atoms in total. The molecule has 57 heteroatoms. The van der Waals surface area contributed by atoms with E-state index in [0.717, 1.165) is 41.5 Å². The lowest BCUT2D eigenvalue weighted by molar-refractivity contribution is -0.412. The zero-order chi connectivity index (χ0) is 95.1. The number of nitrogens with one attached hydrogen (secondary N) is 6. The number of carbonyl (C=O) groups excluding carboxylic acids is 6. The third-order valence-corrected chi connectivity index (χ3v) is 23.3. The van der Waals surface area contributed by atoms with E-state index in [1.807, 2.05) is 0 Å². The second-order valence-corrected chi connectivity index (χ2v) is 32.5. The number of carbonyl (C=O) groups is 6. The first-order valence-corrected chi connectivity index (χ1v) is 41.1. The van der Waals surface area contributed by atoms with E-state index in [2.05, 4.69) is 31.9 Å². The molecule has 0 aliphatic carbocycles. The third kappa shape index (κ3) is 24.2. The Hall–Kier alpha value is -4.98. The number of aliphatic hydroxyl groups excluding tert-OH is 26. The van der Waals surface area contributed by atoms with Crippen LogP contribution in [-0.4, -0.2) is 541 Å². The van der Waals surface area contributed by atoms with Gasteiger partial charge in [-0.15, -0.1) is 0 Å². The molecular weight excluding hydrogens is 1760 g/mol. The van der Waals surface area contributed by atoms with Crippen LogP contribution in [-0.2, 0) is 119 Å². The molecule has 10 aliphatic heterocycles. The molecule has 0 aromatic rings. The number of rotatable bonds is 34. The van der Waals surface area contributed by atoms with Gasteiger partial charge in [-0.05, 0) is 0 Å². The van der Waals surface area contributed by atoms with E-state index >= 15 is 0 Å². The molecule has 0 bridgehead atoms. The molecule has 0 saturated carbocycles. The lowest BCUT2D eigenvalue weighted by atomic mass is 9.93. The molecule has 10 heterocycles. The van der Waals surface area contributed by atoms with Crippen molar-refractivity contribution in [3.8, 4) is 0 Å². The molecule has 10 fully saturated rings. The highest BCUT2D eigenvalue weighted by atomic mass is 16.8. The van der Waals surface area contributed by atoms with Crippen molar-refractivity contribution in [2.45, 2.75) is 348 Å². The van der Waals surface area contributed by atoms with Crippen LogP contribution in [0.3, 0.4) is 0 Å². The fourth-order valence-corrected chi connectivity index (χ4v) is 16.6. The Morgan fingerprint density at radius 2 is 0.450 bits per heavy atom. The van der Waals surface area contributed by atoms with Gasteiger partial charge in [-0.1, -0.05) is 0 Å². The quantitative estimate of drug-likeness (QED) is 0.0284. The highest BCUT2D eigenvalue weighted by Gasteiger charge is 2.63. The van der Waals surface area contributed by atoms with Gasteiger partial charge in [-0.3, -0.25) is 28.8 Å². The summed E-state index contributed by atoms with van der Waals surface area (Å²) >= 11 is 0. The number of aliphatic hydroxyl groups is 26. The lowest BCUT2D eigenvalue weighted by Gasteiger charge is -2.53. The van der Waals surface area contributed by atoms with Gasteiger partial charge in [0.25, 0.3) is 0 Å². The van der Waals surface area contributed by atoms with Gasteiger partial charge in [0, 0.05) is 41.5 Å². The first kappa shape index (κ1) is 106. The van der Waals surface area contributed by atoms with Crippen molar-refractivity contribution in [2.75, 3.05) is 66.1 Å². The predicted octanol–water partition coefficient (Wildman–Crippen LogP) is -21.9. The average molecular weight is 1890 g/mol. The van der Waals surface area contributed by atoms with Crippen molar-refractivity contribution in [1.29, 1.82) is 0 Å². The van der Waals surface area contributed by atoms with Crippen molar-refractivity contribution < 1.29 is 252 Å². The van der Waals surface area contributed by atoms with E-state index < -0.39 is 408 Å². The van der Waals surface area contributed by atoms with Gasteiger partial charge in [0.05, 0.1) is 66.1 Å². The minimum atomic E-state index is -2.85. The summed E-state index contributed by atoms with van der Waals surface area (Å²) in [6.07, 6.45) is -97.5.